The molecule has 0 aliphatic carbocycles. The minimum atomic E-state index is 0.105. The molecule has 0 atom stereocenters. The lowest BCUT2D eigenvalue weighted by Crippen LogP contribution is -1.79. The lowest BCUT2D eigenvalue weighted by molar-refractivity contribution is 0.943. The zero-order valence-electron chi connectivity index (χ0n) is 4.67. The maximum Gasteiger partial charge on any atom is 0.162 e. The van der Waals surface area contributed by atoms with Crippen LogP contribution < -0.4 is 4.72 Å². The lowest BCUT2D eigenvalue weighted by atomic mass is 10.3. The molecule has 0 bridgehead atoms. The van der Waals surface area contributed by atoms with Crippen LogP contribution in [0.4, 0.5) is 9.57 Å². The van der Waals surface area contributed by atoms with Crippen LogP contribution in [0.5, 0.6) is 0 Å². The van der Waals surface area contributed by atoms with Crippen molar-refractivity contribution < 1.29 is 3.89 Å². The molecule has 0 spiro atoms. The molecule has 0 saturated carbocycles. The Balaban J connectivity index is 2.61. The Morgan fingerprint density at radius 2 is 1.89 bits per heavy atom. The van der Waals surface area contributed by atoms with Crippen molar-refractivity contribution in [3.8, 4) is 0 Å². The monoisotopic (exact) mass is 143 g/mol. The van der Waals surface area contributed by atoms with Crippen molar-refractivity contribution in [3.05, 3.63) is 30.3 Å². The molecule has 0 amide bonds. The highest BCUT2D eigenvalue weighted by Crippen LogP contribution is 2.10. The van der Waals surface area contributed by atoms with Gasteiger partial charge in [0.15, 0.2) is 12.3 Å². The SMILES string of the molecule is FSNc1ccccc1. The van der Waals surface area contributed by atoms with Gasteiger partial charge in [0.2, 0.25) is 0 Å². The molecule has 1 nitrogen and oxygen atoms in total. The lowest BCUT2D eigenvalue weighted by Gasteiger charge is -1.95. The summed E-state index contributed by atoms with van der Waals surface area (Å²) in [5.41, 5.74) is 0.782. The predicted molar refractivity (Wildman–Crippen MR) is 38.8 cm³/mol. The van der Waals surface area contributed by atoms with Crippen LogP contribution >= 0.6 is 12.3 Å². The number of halogens is 1. The third kappa shape index (κ3) is 1.93. The number of anilines is 1. The van der Waals surface area contributed by atoms with Gasteiger partial charge in [-0.2, -0.15) is 0 Å². The van der Waals surface area contributed by atoms with Crippen LogP contribution in [0.1, 0.15) is 0 Å². The molecule has 0 heterocycles. The van der Waals surface area contributed by atoms with Crippen molar-refractivity contribution in [2.75, 3.05) is 4.72 Å². The standard InChI is InChI=1S/C6H6FNS/c7-9-8-6-4-2-1-3-5-6/h1-5,8H. The second-order valence-electron chi connectivity index (χ2n) is 1.55. The first-order chi connectivity index (χ1) is 4.43. The van der Waals surface area contributed by atoms with Crippen molar-refractivity contribution in [1.29, 1.82) is 0 Å². The summed E-state index contributed by atoms with van der Waals surface area (Å²) in [4.78, 5) is 0. The van der Waals surface area contributed by atoms with E-state index in [4.69, 9.17) is 0 Å². The Morgan fingerprint density at radius 3 is 2.44 bits per heavy atom. The summed E-state index contributed by atoms with van der Waals surface area (Å²) in [7, 11) is 0. The minimum absolute atomic E-state index is 0.105. The summed E-state index contributed by atoms with van der Waals surface area (Å²) in [6, 6.07) is 9.17. The maximum atomic E-state index is 11.5. The average molecular weight is 143 g/mol. The molecule has 9 heavy (non-hydrogen) atoms. The number of para-hydroxylation sites is 1. The van der Waals surface area contributed by atoms with Gasteiger partial charge in [0.25, 0.3) is 0 Å². The van der Waals surface area contributed by atoms with Gasteiger partial charge in [-0.05, 0) is 12.1 Å². The fraction of sp³-hybridized carbons (Fsp3) is 0. The van der Waals surface area contributed by atoms with E-state index in [9.17, 15) is 3.89 Å². The molecule has 0 radical (unpaired) electrons. The zero-order valence-corrected chi connectivity index (χ0v) is 5.49. The van der Waals surface area contributed by atoms with Crippen LogP contribution in [0.15, 0.2) is 30.3 Å². The molecule has 1 N–H and O–H groups in total. The molecule has 1 rings (SSSR count). The maximum absolute atomic E-state index is 11.5. The highest BCUT2D eigenvalue weighted by atomic mass is 32.2. The second kappa shape index (κ2) is 3.35. The largest absolute Gasteiger partial charge is 0.302 e. The van der Waals surface area contributed by atoms with Crippen LogP contribution in [0.2, 0.25) is 0 Å². The molecule has 0 aliphatic rings. The van der Waals surface area contributed by atoms with Crippen LogP contribution in [0.25, 0.3) is 0 Å². The summed E-state index contributed by atoms with van der Waals surface area (Å²) >= 11 is 0.105. The summed E-state index contributed by atoms with van der Waals surface area (Å²) in [6.07, 6.45) is 0. The smallest absolute Gasteiger partial charge is 0.162 e. The Kier molecular flexibility index (Phi) is 2.39. The van der Waals surface area contributed by atoms with Gasteiger partial charge in [-0.3, -0.25) is 0 Å². The molecule has 3 heteroatoms. The molecule has 0 fully saturated rings. The molecule has 1 aromatic rings. The topological polar surface area (TPSA) is 12.0 Å². The van der Waals surface area contributed by atoms with Gasteiger partial charge in [-0.15, -0.1) is 3.89 Å². The van der Waals surface area contributed by atoms with E-state index in [0.717, 1.165) is 5.69 Å². The third-order valence-corrected chi connectivity index (χ3v) is 1.24. The van der Waals surface area contributed by atoms with Gasteiger partial charge >= 0.3 is 0 Å². The van der Waals surface area contributed by atoms with Gasteiger partial charge in [-0.25, -0.2) is 0 Å². The van der Waals surface area contributed by atoms with Crippen molar-refractivity contribution in [3.63, 3.8) is 0 Å². The Labute approximate surface area is 57.7 Å². The number of nitrogens with one attached hydrogen (secondary N) is 1. The van der Waals surface area contributed by atoms with Crippen molar-refractivity contribution >= 4 is 18.0 Å². The van der Waals surface area contributed by atoms with E-state index in [1.54, 1.807) is 12.1 Å². The summed E-state index contributed by atoms with van der Waals surface area (Å²) < 4.78 is 13.9. The summed E-state index contributed by atoms with van der Waals surface area (Å²) in [5.74, 6) is 0. The third-order valence-electron chi connectivity index (χ3n) is 0.930. The number of rotatable bonds is 2. The first kappa shape index (κ1) is 6.42. The predicted octanol–water partition coefficient (Wildman–Crippen LogP) is 2.63. The highest BCUT2D eigenvalue weighted by Gasteiger charge is 1.84. The number of benzene rings is 1. The average Bonchev–Trinajstić information content (AvgIpc) is 1.91. The van der Waals surface area contributed by atoms with E-state index in [1.165, 1.54) is 0 Å². The van der Waals surface area contributed by atoms with Crippen molar-refractivity contribution in [2.45, 2.75) is 0 Å². The first-order valence-electron chi connectivity index (χ1n) is 2.52. The molecular weight excluding hydrogens is 137 g/mol. The number of hydrogen-bond acceptors (Lipinski definition) is 2. The van der Waals surface area contributed by atoms with Gasteiger partial charge in [-0.1, -0.05) is 18.2 Å². The summed E-state index contributed by atoms with van der Waals surface area (Å²) in [6.45, 7) is 0. The van der Waals surface area contributed by atoms with Crippen LogP contribution in [0, 0.1) is 0 Å². The zero-order chi connectivity index (χ0) is 6.53. The van der Waals surface area contributed by atoms with Gasteiger partial charge in [0.05, 0.1) is 0 Å². The van der Waals surface area contributed by atoms with Crippen molar-refractivity contribution in [2.24, 2.45) is 0 Å². The molecule has 48 valence electrons. The van der Waals surface area contributed by atoms with E-state index < -0.39 is 0 Å². The molecule has 0 unspecified atom stereocenters. The Hall–Kier alpha value is -0.700. The molecule has 1 aromatic carbocycles. The fourth-order valence-electron chi connectivity index (χ4n) is 0.551. The van der Waals surface area contributed by atoms with Gasteiger partial charge in [0, 0.05) is 5.69 Å². The van der Waals surface area contributed by atoms with Crippen LogP contribution in [-0.4, -0.2) is 0 Å². The number of hydrogen-bond donors (Lipinski definition) is 1. The Morgan fingerprint density at radius 1 is 1.22 bits per heavy atom. The van der Waals surface area contributed by atoms with Gasteiger partial charge < -0.3 is 4.72 Å². The van der Waals surface area contributed by atoms with E-state index in [-0.39, 0.29) is 12.3 Å². The molecule has 0 aliphatic heterocycles. The molecular formula is C6H6FNS. The fourth-order valence-corrected chi connectivity index (χ4v) is 0.776. The normalized spacial score (nSPS) is 9.00. The van der Waals surface area contributed by atoms with Crippen molar-refractivity contribution in [1.82, 2.24) is 0 Å². The van der Waals surface area contributed by atoms with Crippen LogP contribution in [-0.2, 0) is 0 Å². The summed E-state index contributed by atoms with van der Waals surface area (Å²) in [5, 5.41) is 0. The first-order valence-corrected chi connectivity index (χ1v) is 3.24. The van der Waals surface area contributed by atoms with E-state index in [2.05, 4.69) is 4.72 Å². The molecule has 0 saturated heterocycles. The second-order valence-corrected chi connectivity index (χ2v) is 1.90. The van der Waals surface area contributed by atoms with E-state index in [0.29, 0.717) is 0 Å². The quantitative estimate of drug-likeness (QED) is 0.639. The van der Waals surface area contributed by atoms with Crippen LogP contribution in [0.3, 0.4) is 0 Å². The Bertz CT molecular complexity index is 166. The minimum Gasteiger partial charge on any atom is -0.302 e. The highest BCUT2D eigenvalue weighted by molar-refractivity contribution is 7.95. The van der Waals surface area contributed by atoms with Gasteiger partial charge in [0.1, 0.15) is 0 Å². The van der Waals surface area contributed by atoms with E-state index in [1.807, 2.05) is 18.2 Å². The van der Waals surface area contributed by atoms with E-state index >= 15 is 0 Å². The molecule has 0 aromatic heterocycles.